The average molecular weight is 407 g/mol. The summed E-state index contributed by atoms with van der Waals surface area (Å²) in [5.74, 6) is -0.535. The maximum atomic E-state index is 13.4. The minimum Gasteiger partial charge on any atom is -0.451 e. The number of rotatable bonds is 6. The van der Waals surface area contributed by atoms with Gasteiger partial charge in [0, 0.05) is 0 Å². The Morgan fingerprint density at radius 1 is 1.14 bits per heavy atom. The smallest absolute Gasteiger partial charge is 0.331 e. The fourth-order valence-corrected chi connectivity index (χ4v) is 5.58. The van der Waals surface area contributed by atoms with Crippen LogP contribution in [0.15, 0.2) is 72.8 Å². The zero-order valence-electron chi connectivity index (χ0n) is 15.9. The van der Waals surface area contributed by atoms with E-state index in [0.29, 0.717) is 12.7 Å². The van der Waals surface area contributed by atoms with Crippen molar-refractivity contribution in [2.24, 2.45) is 0 Å². The topological polar surface area (TPSA) is 63.7 Å². The second-order valence-corrected chi connectivity index (χ2v) is 8.96. The number of aldehydes is 1. The van der Waals surface area contributed by atoms with Crippen molar-refractivity contribution in [2.45, 2.75) is 35.6 Å². The van der Waals surface area contributed by atoms with Gasteiger partial charge in [-0.25, -0.2) is 4.79 Å². The second kappa shape index (κ2) is 7.87. The molecule has 0 bridgehead atoms. The average Bonchev–Trinajstić information content (AvgIpc) is 2.99. The lowest BCUT2D eigenvalue weighted by Gasteiger charge is -2.38. The zero-order valence-corrected chi connectivity index (χ0v) is 16.7. The number of ether oxygens (including phenoxy) is 1. The number of carbonyl (C=O) groups excluding carboxylic acids is 3. The molecule has 0 N–H and O–H groups in total. The predicted octanol–water partition coefficient (Wildman–Crippen LogP) is 3.51. The molecule has 2 heterocycles. The molecule has 4 rings (SSSR count). The highest BCUT2D eigenvalue weighted by molar-refractivity contribution is 8.01. The van der Waals surface area contributed by atoms with Crippen LogP contribution in [-0.4, -0.2) is 39.2 Å². The van der Waals surface area contributed by atoms with E-state index in [2.05, 4.69) is 0 Å². The summed E-state index contributed by atoms with van der Waals surface area (Å²) in [5.41, 5.74) is 1.71. The molecule has 1 amide bonds. The van der Waals surface area contributed by atoms with Gasteiger partial charge in [0.15, 0.2) is 6.10 Å². The molecule has 148 valence electrons. The summed E-state index contributed by atoms with van der Waals surface area (Å²) in [4.78, 5) is 38.1. The van der Waals surface area contributed by atoms with Gasteiger partial charge in [0.25, 0.3) is 0 Å². The first kappa shape index (κ1) is 19.5. The third-order valence-corrected chi connectivity index (χ3v) is 6.86. The van der Waals surface area contributed by atoms with Crippen molar-refractivity contribution in [1.82, 2.24) is 4.90 Å². The van der Waals surface area contributed by atoms with Gasteiger partial charge in [-0.1, -0.05) is 66.7 Å². The van der Waals surface area contributed by atoms with E-state index in [4.69, 9.17) is 4.74 Å². The van der Waals surface area contributed by atoms with Gasteiger partial charge >= 0.3 is 5.97 Å². The van der Waals surface area contributed by atoms with E-state index in [1.165, 1.54) is 17.8 Å². The number of fused-ring (bicyclic) bond motifs is 1. The first-order chi connectivity index (χ1) is 14.0. The van der Waals surface area contributed by atoms with Gasteiger partial charge < -0.3 is 9.64 Å². The van der Waals surface area contributed by atoms with Crippen molar-refractivity contribution in [1.29, 1.82) is 0 Å². The largest absolute Gasteiger partial charge is 0.451 e. The fourth-order valence-electron chi connectivity index (χ4n) is 3.92. The molecule has 6 heteroatoms. The summed E-state index contributed by atoms with van der Waals surface area (Å²) in [6.45, 7) is 1.87. The van der Waals surface area contributed by atoms with Crippen LogP contribution in [0, 0.1) is 0 Å². The number of amides is 1. The Kier molecular flexibility index (Phi) is 5.28. The van der Waals surface area contributed by atoms with Crippen molar-refractivity contribution in [3.05, 3.63) is 83.9 Å². The number of β-lactam (4-membered cyclic amide) rings is 1. The standard InChI is InChI=1S/C23H21NO4S/c1-23(13-8-14-25)21(24-18(26)15-19(24)29-23)22(27)28-20(16-9-4-2-5-10-16)17-11-6-3-7-12-17/h2-14,19-21H,15H2,1H3/t19-,21+,23+/m1/s1. The summed E-state index contributed by atoms with van der Waals surface area (Å²) in [6, 6.07) is 18.3. The molecule has 3 atom stereocenters. The van der Waals surface area contributed by atoms with Crippen molar-refractivity contribution >= 4 is 29.9 Å². The molecule has 2 aromatic carbocycles. The Bertz CT molecular complexity index is 906. The van der Waals surface area contributed by atoms with Gasteiger partial charge in [-0.3, -0.25) is 9.59 Å². The van der Waals surface area contributed by atoms with Crippen LogP contribution in [0.25, 0.3) is 0 Å². The van der Waals surface area contributed by atoms with Gasteiger partial charge in [0.05, 0.1) is 16.5 Å². The van der Waals surface area contributed by atoms with E-state index >= 15 is 0 Å². The molecule has 2 aliphatic rings. The molecular weight excluding hydrogens is 386 g/mol. The van der Waals surface area contributed by atoms with Gasteiger partial charge in [-0.05, 0) is 24.1 Å². The summed E-state index contributed by atoms with van der Waals surface area (Å²) < 4.78 is 5.30. The van der Waals surface area contributed by atoms with Crippen molar-refractivity contribution < 1.29 is 19.1 Å². The number of allylic oxidation sites excluding steroid dienone is 1. The Balaban J connectivity index is 1.67. The van der Waals surface area contributed by atoms with Crippen LogP contribution in [0.1, 0.15) is 30.6 Å². The lowest BCUT2D eigenvalue weighted by atomic mass is 9.95. The maximum absolute atomic E-state index is 13.4. The SMILES string of the molecule is C[C@@]1(C=CC=O)S[C@@H]2CC(=O)N2[C@H]1C(=O)OC(c1ccccc1)c1ccccc1. The summed E-state index contributed by atoms with van der Waals surface area (Å²) in [5, 5.41) is -0.0618. The summed E-state index contributed by atoms with van der Waals surface area (Å²) in [7, 11) is 0. The molecule has 2 aliphatic heterocycles. The molecule has 5 nitrogen and oxygen atoms in total. The van der Waals surface area contributed by atoms with Crippen LogP contribution in [0.5, 0.6) is 0 Å². The Labute approximate surface area is 173 Å². The Morgan fingerprint density at radius 3 is 2.24 bits per heavy atom. The number of hydrogen-bond acceptors (Lipinski definition) is 5. The maximum Gasteiger partial charge on any atom is 0.331 e. The van der Waals surface area contributed by atoms with Crippen molar-refractivity contribution in [3.8, 4) is 0 Å². The van der Waals surface area contributed by atoms with E-state index in [1.54, 1.807) is 11.0 Å². The molecule has 29 heavy (non-hydrogen) atoms. The van der Waals surface area contributed by atoms with Crippen LogP contribution in [0.4, 0.5) is 0 Å². The molecule has 0 aliphatic carbocycles. The highest BCUT2D eigenvalue weighted by Gasteiger charge is 2.60. The molecule has 2 aromatic rings. The first-order valence-corrected chi connectivity index (χ1v) is 10.3. The zero-order chi connectivity index (χ0) is 20.4. The molecule has 2 fully saturated rings. The number of esters is 1. The second-order valence-electron chi connectivity index (χ2n) is 7.30. The van der Waals surface area contributed by atoms with Crippen LogP contribution in [0.3, 0.4) is 0 Å². The summed E-state index contributed by atoms with van der Waals surface area (Å²) in [6.07, 6.45) is 3.59. The van der Waals surface area contributed by atoms with Gasteiger partial charge in [0.1, 0.15) is 12.3 Å². The van der Waals surface area contributed by atoms with E-state index < -0.39 is 22.9 Å². The predicted molar refractivity (Wildman–Crippen MR) is 111 cm³/mol. The van der Waals surface area contributed by atoms with Gasteiger partial charge in [-0.2, -0.15) is 0 Å². The van der Waals surface area contributed by atoms with Crippen LogP contribution < -0.4 is 0 Å². The lowest BCUT2D eigenvalue weighted by molar-refractivity contribution is -0.163. The molecule has 0 radical (unpaired) electrons. The van der Waals surface area contributed by atoms with Crippen LogP contribution in [-0.2, 0) is 19.1 Å². The van der Waals surface area contributed by atoms with E-state index in [1.807, 2.05) is 67.6 Å². The number of carbonyl (C=O) groups is 3. The molecule has 2 saturated heterocycles. The van der Waals surface area contributed by atoms with Gasteiger partial charge in [-0.15, -0.1) is 11.8 Å². The number of thioether (sulfide) groups is 1. The third-order valence-electron chi connectivity index (χ3n) is 5.33. The van der Waals surface area contributed by atoms with E-state index in [0.717, 1.165) is 11.1 Å². The van der Waals surface area contributed by atoms with Gasteiger partial charge in [0.2, 0.25) is 5.91 Å². The van der Waals surface area contributed by atoms with Crippen molar-refractivity contribution in [3.63, 3.8) is 0 Å². The highest BCUT2D eigenvalue weighted by Crippen LogP contribution is 2.52. The van der Waals surface area contributed by atoms with E-state index in [9.17, 15) is 14.4 Å². The summed E-state index contributed by atoms with van der Waals surface area (Å²) >= 11 is 1.52. The number of hydrogen-bond donors (Lipinski definition) is 0. The normalized spacial score (nSPS) is 25.7. The Hall–Kier alpha value is -2.86. The molecule has 0 aromatic heterocycles. The lowest BCUT2D eigenvalue weighted by Crippen LogP contribution is -2.57. The molecular formula is C23H21NO4S. The molecule has 0 saturated carbocycles. The Morgan fingerprint density at radius 2 is 1.72 bits per heavy atom. The molecule has 0 unspecified atom stereocenters. The monoisotopic (exact) mass is 407 g/mol. The fraction of sp³-hybridized carbons (Fsp3) is 0.261. The number of benzene rings is 2. The number of nitrogens with zero attached hydrogens (tertiary/aromatic N) is 1. The van der Waals surface area contributed by atoms with E-state index in [-0.39, 0.29) is 11.3 Å². The van der Waals surface area contributed by atoms with Crippen molar-refractivity contribution in [2.75, 3.05) is 0 Å². The quantitative estimate of drug-likeness (QED) is 0.317. The minimum absolute atomic E-state index is 0.0618. The first-order valence-electron chi connectivity index (χ1n) is 9.46. The minimum atomic E-state index is -0.773. The highest BCUT2D eigenvalue weighted by atomic mass is 32.2. The van der Waals surface area contributed by atoms with Crippen LogP contribution >= 0.6 is 11.8 Å². The molecule has 0 spiro atoms. The third kappa shape index (κ3) is 3.60. The van der Waals surface area contributed by atoms with Crippen LogP contribution in [0.2, 0.25) is 0 Å².